The predicted octanol–water partition coefficient (Wildman–Crippen LogP) is 6.03. The number of nitrogens with one attached hydrogen (secondary N) is 1. The topological polar surface area (TPSA) is 53.7 Å². The van der Waals surface area contributed by atoms with E-state index in [9.17, 15) is 26.7 Å². The number of carbonyl (C=O) groups excluding carboxylic acids is 1. The van der Waals surface area contributed by atoms with Gasteiger partial charge in [0.25, 0.3) is 11.8 Å². The fourth-order valence-corrected chi connectivity index (χ4v) is 2.78. The molecule has 0 aliphatic heterocycles. The number of halogens is 6. The molecule has 0 aromatic heterocycles. The first kappa shape index (κ1) is 22.6. The van der Waals surface area contributed by atoms with Gasteiger partial charge in [-0.25, -0.2) is 13.6 Å². The molecule has 0 fully saturated rings. The predicted molar refractivity (Wildman–Crippen MR) is 97.3 cm³/mol. The van der Waals surface area contributed by atoms with Gasteiger partial charge < -0.3 is 10.4 Å². The maximum Gasteiger partial charge on any atom is 0.407 e. The van der Waals surface area contributed by atoms with Crippen LogP contribution in [0.2, 0.25) is 5.02 Å². The lowest BCUT2D eigenvalue weighted by atomic mass is 10.0. The molecule has 29 heavy (non-hydrogen) atoms. The Kier molecular flexibility index (Phi) is 6.82. The number of benzene rings is 2. The average Bonchev–Trinajstić information content (AvgIpc) is 2.65. The minimum absolute atomic E-state index is 0.187. The van der Waals surface area contributed by atoms with Crippen molar-refractivity contribution in [2.75, 3.05) is 11.9 Å². The van der Waals surface area contributed by atoms with Crippen molar-refractivity contribution in [2.24, 2.45) is 0 Å². The van der Waals surface area contributed by atoms with Gasteiger partial charge in [-0.05, 0) is 36.8 Å². The second kappa shape index (κ2) is 8.76. The Labute approximate surface area is 167 Å². The van der Waals surface area contributed by atoms with Crippen molar-refractivity contribution in [3.05, 3.63) is 69.5 Å². The molecule has 154 valence electrons. The van der Waals surface area contributed by atoms with Gasteiger partial charge in [0, 0.05) is 34.9 Å². The molecule has 2 aromatic carbocycles. The van der Waals surface area contributed by atoms with Gasteiger partial charge in [0.2, 0.25) is 0 Å². The first-order chi connectivity index (χ1) is 13.5. The molecule has 0 unspecified atom stereocenters. The average molecular weight is 433 g/mol. The van der Waals surface area contributed by atoms with E-state index < -0.39 is 47.8 Å². The van der Waals surface area contributed by atoms with Gasteiger partial charge in [0.15, 0.2) is 5.69 Å². The van der Waals surface area contributed by atoms with Crippen molar-refractivity contribution in [3.8, 4) is 0 Å². The molecule has 0 saturated heterocycles. The third-order valence-corrected chi connectivity index (χ3v) is 4.28. The summed E-state index contributed by atoms with van der Waals surface area (Å²) in [5, 5.41) is 10.6. The van der Waals surface area contributed by atoms with Crippen LogP contribution in [0.15, 0.2) is 36.4 Å². The first-order valence-electron chi connectivity index (χ1n) is 8.18. The molecule has 0 saturated carbocycles. The fraction of sp³-hybridized carbons (Fsp3) is 0.263. The molecule has 10 heteroatoms. The molecule has 4 nitrogen and oxygen atoms in total. The molecule has 2 N–H and O–H groups in total. The number of carbonyl (C=O) groups is 1. The third-order valence-electron chi connectivity index (χ3n) is 3.95. The maximum absolute atomic E-state index is 14.3. The molecule has 1 amide bonds. The SMILES string of the molecule is [C-]#[N+]c1ccc(NC(=O)c2ccc(Cl)c(C(F)(F)CCCO)c2)cc1C(F)(F)F. The van der Waals surface area contributed by atoms with E-state index in [1.165, 1.54) is 0 Å². The Balaban J connectivity index is 2.33. The summed E-state index contributed by atoms with van der Waals surface area (Å²) in [5.74, 6) is -4.33. The summed E-state index contributed by atoms with van der Waals surface area (Å²) in [6.07, 6.45) is -5.68. The van der Waals surface area contributed by atoms with Gasteiger partial charge in [-0.2, -0.15) is 13.2 Å². The monoisotopic (exact) mass is 432 g/mol. The standard InChI is InChI=1S/C19H14ClF5N2O2/c1-26-16-6-4-12(10-14(16)19(23,24)25)27-17(29)11-3-5-15(20)13(9-11)18(21,22)7-2-8-28/h3-6,9-10,28H,2,7-8H2,(H,27,29). The summed E-state index contributed by atoms with van der Waals surface area (Å²) in [4.78, 5) is 15.1. The van der Waals surface area contributed by atoms with E-state index in [0.29, 0.717) is 6.07 Å². The third kappa shape index (κ3) is 5.43. The van der Waals surface area contributed by atoms with Gasteiger partial charge in [0.1, 0.15) is 0 Å². The Morgan fingerprint density at radius 2 is 1.79 bits per heavy atom. The van der Waals surface area contributed by atoms with E-state index in [2.05, 4.69) is 10.2 Å². The number of hydrogen-bond donors (Lipinski definition) is 2. The van der Waals surface area contributed by atoms with Crippen molar-refractivity contribution in [1.29, 1.82) is 0 Å². The summed E-state index contributed by atoms with van der Waals surface area (Å²) in [5.41, 5.74) is -2.97. The van der Waals surface area contributed by atoms with E-state index in [1.54, 1.807) is 0 Å². The van der Waals surface area contributed by atoms with E-state index in [-0.39, 0.29) is 22.7 Å². The van der Waals surface area contributed by atoms with Crippen molar-refractivity contribution >= 4 is 28.9 Å². The second-order valence-electron chi connectivity index (χ2n) is 6.02. The highest BCUT2D eigenvalue weighted by Crippen LogP contribution is 2.39. The van der Waals surface area contributed by atoms with Crippen LogP contribution in [0.5, 0.6) is 0 Å². The quantitative estimate of drug-likeness (QED) is 0.433. The molecule has 0 radical (unpaired) electrons. The molecule has 0 bridgehead atoms. The Hall–Kier alpha value is -2.70. The molecule has 0 aliphatic carbocycles. The molecule has 0 aliphatic rings. The van der Waals surface area contributed by atoms with Crippen molar-refractivity contribution in [2.45, 2.75) is 24.9 Å². The molecule has 0 atom stereocenters. The van der Waals surface area contributed by atoms with Crippen LogP contribution in [0.25, 0.3) is 4.85 Å². The van der Waals surface area contributed by atoms with Crippen LogP contribution < -0.4 is 5.32 Å². The lowest BCUT2D eigenvalue weighted by molar-refractivity contribution is -0.136. The highest BCUT2D eigenvalue weighted by atomic mass is 35.5. The molecule has 2 rings (SSSR count). The molecule has 2 aromatic rings. The van der Waals surface area contributed by atoms with Crippen LogP contribution in [-0.4, -0.2) is 17.6 Å². The fourth-order valence-electron chi connectivity index (χ4n) is 2.52. The Morgan fingerprint density at radius 1 is 1.10 bits per heavy atom. The number of rotatable bonds is 6. The Morgan fingerprint density at radius 3 is 2.38 bits per heavy atom. The Bertz CT molecular complexity index is 955. The van der Waals surface area contributed by atoms with Gasteiger partial charge in [-0.1, -0.05) is 17.7 Å². The van der Waals surface area contributed by atoms with Crippen LogP contribution in [0.4, 0.5) is 33.3 Å². The number of hydrogen-bond acceptors (Lipinski definition) is 2. The minimum Gasteiger partial charge on any atom is -0.396 e. The number of amides is 1. The van der Waals surface area contributed by atoms with E-state index in [4.69, 9.17) is 23.3 Å². The zero-order valence-corrected chi connectivity index (χ0v) is 15.4. The first-order valence-corrected chi connectivity index (χ1v) is 8.56. The summed E-state index contributed by atoms with van der Waals surface area (Å²) in [6.45, 7) is 6.35. The van der Waals surface area contributed by atoms with Crippen LogP contribution in [0.3, 0.4) is 0 Å². The summed E-state index contributed by atoms with van der Waals surface area (Å²) in [7, 11) is 0. The molecule has 0 heterocycles. The number of anilines is 1. The normalized spacial score (nSPS) is 11.8. The van der Waals surface area contributed by atoms with Gasteiger partial charge >= 0.3 is 6.18 Å². The molecular weight excluding hydrogens is 419 g/mol. The van der Waals surface area contributed by atoms with Crippen molar-refractivity contribution in [3.63, 3.8) is 0 Å². The number of aliphatic hydroxyl groups is 1. The van der Waals surface area contributed by atoms with E-state index >= 15 is 0 Å². The van der Waals surface area contributed by atoms with E-state index in [0.717, 1.165) is 30.3 Å². The minimum atomic E-state index is -4.80. The summed E-state index contributed by atoms with van der Waals surface area (Å²) >= 11 is 5.80. The largest absolute Gasteiger partial charge is 0.407 e. The highest BCUT2D eigenvalue weighted by Gasteiger charge is 2.35. The van der Waals surface area contributed by atoms with Gasteiger partial charge in [0.05, 0.1) is 12.1 Å². The molecular formula is C19H14ClF5N2O2. The van der Waals surface area contributed by atoms with Crippen LogP contribution in [-0.2, 0) is 12.1 Å². The molecule has 0 spiro atoms. The number of aliphatic hydroxyl groups excluding tert-OH is 1. The van der Waals surface area contributed by atoms with E-state index in [1.807, 2.05) is 0 Å². The second-order valence-corrected chi connectivity index (χ2v) is 6.43. The lowest BCUT2D eigenvalue weighted by Crippen LogP contribution is -2.18. The zero-order valence-electron chi connectivity index (χ0n) is 14.7. The van der Waals surface area contributed by atoms with Crippen molar-refractivity contribution in [1.82, 2.24) is 0 Å². The highest BCUT2D eigenvalue weighted by molar-refractivity contribution is 6.31. The smallest absolute Gasteiger partial charge is 0.396 e. The zero-order chi connectivity index (χ0) is 21.8. The maximum atomic E-state index is 14.3. The summed E-state index contributed by atoms with van der Waals surface area (Å²) in [6, 6.07) is 5.70. The lowest BCUT2D eigenvalue weighted by Gasteiger charge is -2.18. The van der Waals surface area contributed by atoms with Crippen LogP contribution in [0, 0.1) is 6.57 Å². The summed E-state index contributed by atoms with van der Waals surface area (Å²) < 4.78 is 67.6. The number of alkyl halides is 5. The van der Waals surface area contributed by atoms with Gasteiger partial charge in [-0.15, -0.1) is 0 Å². The van der Waals surface area contributed by atoms with Crippen LogP contribution >= 0.6 is 11.6 Å². The van der Waals surface area contributed by atoms with Crippen LogP contribution in [0.1, 0.15) is 34.3 Å². The van der Waals surface area contributed by atoms with Gasteiger partial charge in [-0.3, -0.25) is 4.79 Å². The number of nitrogens with zero attached hydrogens (tertiary/aromatic N) is 1. The van der Waals surface area contributed by atoms with Crippen molar-refractivity contribution < 1.29 is 31.9 Å².